The summed E-state index contributed by atoms with van der Waals surface area (Å²) in [6.45, 7) is 0. The number of aromatic nitrogens is 2. The van der Waals surface area contributed by atoms with Crippen LogP contribution in [0, 0.1) is 3.57 Å². The fraction of sp³-hybridized carbons (Fsp3) is 0. The quantitative estimate of drug-likeness (QED) is 0.755. The Hall–Kier alpha value is -1.13. The molecule has 0 saturated heterocycles. The monoisotopic (exact) mass is 410 g/mol. The Balaban J connectivity index is 2.33. The highest BCUT2D eigenvalue weighted by Gasteiger charge is 2.16. The molecule has 0 spiro atoms. The predicted molar refractivity (Wildman–Crippen MR) is 81.4 cm³/mol. The van der Waals surface area contributed by atoms with Crippen LogP contribution in [0.25, 0.3) is 0 Å². The van der Waals surface area contributed by atoms with Gasteiger partial charge in [-0.05, 0) is 40.8 Å². The summed E-state index contributed by atoms with van der Waals surface area (Å²) in [7, 11) is -3.78. The lowest BCUT2D eigenvalue weighted by atomic mass is 10.3. The third-order valence-electron chi connectivity index (χ3n) is 2.13. The molecule has 3 N–H and O–H groups in total. The SMILES string of the molecule is Nc1ncc(S(=O)(=O)Nc2ccc(I)cc2Cl)cn1. The van der Waals surface area contributed by atoms with Gasteiger partial charge in [0, 0.05) is 3.57 Å². The van der Waals surface area contributed by atoms with Crippen LogP contribution in [0.2, 0.25) is 5.02 Å². The highest BCUT2D eigenvalue weighted by Crippen LogP contribution is 2.26. The summed E-state index contributed by atoms with van der Waals surface area (Å²) in [4.78, 5) is 7.19. The van der Waals surface area contributed by atoms with Crippen molar-refractivity contribution in [1.82, 2.24) is 9.97 Å². The van der Waals surface area contributed by atoms with Gasteiger partial charge in [-0.2, -0.15) is 0 Å². The normalized spacial score (nSPS) is 11.3. The van der Waals surface area contributed by atoms with E-state index in [0.717, 1.165) is 16.0 Å². The van der Waals surface area contributed by atoms with Crippen molar-refractivity contribution in [3.8, 4) is 0 Å². The third kappa shape index (κ3) is 3.45. The maximum absolute atomic E-state index is 12.1. The highest BCUT2D eigenvalue weighted by atomic mass is 127. The Bertz CT molecular complexity index is 706. The minimum absolute atomic E-state index is 0.00578. The number of benzene rings is 1. The van der Waals surface area contributed by atoms with Crippen LogP contribution in [-0.2, 0) is 10.0 Å². The second-order valence-corrected chi connectivity index (χ2v) is 6.84. The highest BCUT2D eigenvalue weighted by molar-refractivity contribution is 14.1. The third-order valence-corrected chi connectivity index (χ3v) is 4.44. The van der Waals surface area contributed by atoms with E-state index in [4.69, 9.17) is 17.3 Å². The van der Waals surface area contributed by atoms with E-state index < -0.39 is 10.0 Å². The van der Waals surface area contributed by atoms with Gasteiger partial charge < -0.3 is 5.73 Å². The zero-order chi connectivity index (χ0) is 14.0. The van der Waals surface area contributed by atoms with Crippen molar-refractivity contribution in [3.05, 3.63) is 39.2 Å². The van der Waals surface area contributed by atoms with Gasteiger partial charge in [0.05, 0.1) is 23.1 Å². The molecule has 0 saturated carbocycles. The first kappa shape index (κ1) is 14.3. The Kier molecular flexibility index (Phi) is 4.11. The largest absolute Gasteiger partial charge is 0.368 e. The summed E-state index contributed by atoms with van der Waals surface area (Å²) in [5, 5.41) is 0.312. The van der Waals surface area contributed by atoms with Gasteiger partial charge >= 0.3 is 0 Å². The molecule has 19 heavy (non-hydrogen) atoms. The van der Waals surface area contributed by atoms with Gasteiger partial charge in [-0.1, -0.05) is 11.6 Å². The van der Waals surface area contributed by atoms with Gasteiger partial charge in [-0.15, -0.1) is 0 Å². The molecule has 0 aliphatic heterocycles. The van der Waals surface area contributed by atoms with Crippen molar-refractivity contribution in [3.63, 3.8) is 0 Å². The molecule has 0 fully saturated rings. The number of rotatable bonds is 3. The first-order chi connectivity index (χ1) is 8.88. The molecule has 0 unspecified atom stereocenters. The Morgan fingerprint density at radius 3 is 2.47 bits per heavy atom. The summed E-state index contributed by atoms with van der Waals surface area (Å²) in [6, 6.07) is 4.98. The van der Waals surface area contributed by atoms with Crippen LogP contribution in [0.1, 0.15) is 0 Å². The second kappa shape index (κ2) is 5.47. The predicted octanol–water partition coefficient (Wildman–Crippen LogP) is 2.12. The van der Waals surface area contributed by atoms with Crippen LogP contribution in [-0.4, -0.2) is 18.4 Å². The standard InChI is InChI=1S/C10H8ClIN4O2S/c11-8-3-6(12)1-2-9(8)16-19(17,18)7-4-14-10(13)15-5-7/h1-5,16H,(H2,13,14,15). The van der Waals surface area contributed by atoms with Crippen LogP contribution in [0.5, 0.6) is 0 Å². The Labute approximate surface area is 128 Å². The maximum Gasteiger partial charge on any atom is 0.265 e. The first-order valence-corrected chi connectivity index (χ1v) is 7.88. The lowest BCUT2D eigenvalue weighted by molar-refractivity contribution is 0.600. The zero-order valence-electron chi connectivity index (χ0n) is 9.34. The van der Waals surface area contributed by atoms with E-state index in [1.165, 1.54) is 0 Å². The van der Waals surface area contributed by atoms with E-state index in [1.54, 1.807) is 18.2 Å². The number of nitrogens with two attached hydrogens (primary N) is 1. The summed E-state index contributed by atoms with van der Waals surface area (Å²) >= 11 is 8.04. The van der Waals surface area contributed by atoms with Gasteiger partial charge in [-0.25, -0.2) is 18.4 Å². The molecule has 9 heteroatoms. The number of sulfonamides is 1. The van der Waals surface area contributed by atoms with Crippen molar-refractivity contribution in [1.29, 1.82) is 0 Å². The summed E-state index contributed by atoms with van der Waals surface area (Å²) in [5.41, 5.74) is 5.59. The van der Waals surface area contributed by atoms with Gasteiger partial charge in [0.15, 0.2) is 0 Å². The fourth-order valence-corrected chi connectivity index (χ4v) is 3.17. The molecule has 1 aromatic carbocycles. The van der Waals surface area contributed by atoms with Gasteiger partial charge in [0.1, 0.15) is 4.90 Å². The lowest BCUT2D eigenvalue weighted by Crippen LogP contribution is -2.14. The smallest absolute Gasteiger partial charge is 0.265 e. The number of anilines is 2. The molecule has 0 radical (unpaired) electrons. The average Bonchev–Trinajstić information content (AvgIpc) is 2.33. The topological polar surface area (TPSA) is 98.0 Å². The number of hydrogen-bond donors (Lipinski definition) is 2. The number of nitrogens with zero attached hydrogens (tertiary/aromatic N) is 2. The number of hydrogen-bond acceptors (Lipinski definition) is 5. The number of nitrogens with one attached hydrogen (secondary N) is 1. The van der Waals surface area contributed by atoms with Gasteiger partial charge in [0.25, 0.3) is 10.0 Å². The van der Waals surface area contributed by atoms with Crippen molar-refractivity contribution in [2.45, 2.75) is 4.90 Å². The summed E-state index contributed by atoms with van der Waals surface area (Å²) < 4.78 is 27.4. The van der Waals surface area contributed by atoms with E-state index in [0.29, 0.717) is 10.7 Å². The first-order valence-electron chi connectivity index (χ1n) is 4.94. The molecular formula is C10H8ClIN4O2S. The minimum atomic E-state index is -3.78. The van der Waals surface area contributed by atoms with E-state index in [2.05, 4.69) is 37.3 Å². The van der Waals surface area contributed by atoms with Crippen LogP contribution < -0.4 is 10.5 Å². The fourth-order valence-electron chi connectivity index (χ4n) is 1.24. The average molecular weight is 411 g/mol. The molecule has 6 nitrogen and oxygen atoms in total. The maximum atomic E-state index is 12.1. The Morgan fingerprint density at radius 2 is 1.89 bits per heavy atom. The number of nitrogen functional groups attached to an aromatic ring is 1. The van der Waals surface area contributed by atoms with Crippen molar-refractivity contribution < 1.29 is 8.42 Å². The second-order valence-electron chi connectivity index (χ2n) is 3.51. The van der Waals surface area contributed by atoms with Crippen molar-refractivity contribution >= 4 is 55.9 Å². The van der Waals surface area contributed by atoms with Gasteiger partial charge in [-0.3, -0.25) is 4.72 Å². The van der Waals surface area contributed by atoms with Crippen molar-refractivity contribution in [2.24, 2.45) is 0 Å². The van der Waals surface area contributed by atoms with Crippen LogP contribution in [0.3, 0.4) is 0 Å². The van der Waals surface area contributed by atoms with Crippen molar-refractivity contribution in [2.75, 3.05) is 10.5 Å². The molecule has 0 amide bonds. The zero-order valence-corrected chi connectivity index (χ0v) is 13.1. The number of halogens is 2. The van der Waals surface area contributed by atoms with E-state index in [1.807, 2.05) is 0 Å². The van der Waals surface area contributed by atoms with Gasteiger partial charge in [0.2, 0.25) is 5.95 Å². The molecule has 1 aromatic heterocycles. The van der Waals surface area contributed by atoms with E-state index >= 15 is 0 Å². The summed E-state index contributed by atoms with van der Waals surface area (Å²) in [5.74, 6) is 0.00578. The van der Waals surface area contributed by atoms with E-state index in [-0.39, 0.29) is 10.8 Å². The molecule has 100 valence electrons. The molecule has 0 bridgehead atoms. The molecular weight excluding hydrogens is 403 g/mol. The van der Waals surface area contributed by atoms with Crippen LogP contribution in [0.4, 0.5) is 11.6 Å². The lowest BCUT2D eigenvalue weighted by Gasteiger charge is -2.09. The molecule has 1 heterocycles. The van der Waals surface area contributed by atoms with Crippen LogP contribution in [0.15, 0.2) is 35.5 Å². The molecule has 2 rings (SSSR count). The summed E-state index contributed by atoms with van der Waals surface area (Å²) in [6.07, 6.45) is 2.26. The molecule has 0 aliphatic carbocycles. The minimum Gasteiger partial charge on any atom is -0.368 e. The molecule has 0 atom stereocenters. The van der Waals surface area contributed by atoms with Crippen LogP contribution >= 0.6 is 34.2 Å². The molecule has 2 aromatic rings. The Morgan fingerprint density at radius 1 is 1.26 bits per heavy atom. The molecule has 0 aliphatic rings. The van der Waals surface area contributed by atoms with E-state index in [9.17, 15) is 8.42 Å².